The Hall–Kier alpha value is -2.13. The van der Waals surface area contributed by atoms with Crippen LogP contribution in [-0.2, 0) is 10.3 Å². The van der Waals surface area contributed by atoms with Crippen LogP contribution in [-0.4, -0.2) is 22.2 Å². The summed E-state index contributed by atoms with van der Waals surface area (Å²) in [4.78, 5) is 7.43. The average molecular weight is 286 g/mol. The molecular weight excluding hydrogens is 268 g/mol. The van der Waals surface area contributed by atoms with Crippen LogP contribution in [0, 0.1) is 11.3 Å². The zero-order valence-electron chi connectivity index (χ0n) is 12.1. The maximum absolute atomic E-state index is 8.85. The van der Waals surface area contributed by atoms with Crippen LogP contribution >= 0.6 is 0 Å². The van der Waals surface area contributed by atoms with Crippen LogP contribution < -0.4 is 0 Å². The van der Waals surface area contributed by atoms with Gasteiger partial charge in [-0.25, -0.2) is 0 Å². The molecule has 1 N–H and O–H groups in total. The molecule has 1 fully saturated rings. The summed E-state index contributed by atoms with van der Waals surface area (Å²) in [5.74, 6) is 1.00. The van der Waals surface area contributed by atoms with Gasteiger partial charge in [0.05, 0.1) is 0 Å². The van der Waals surface area contributed by atoms with E-state index in [9.17, 15) is 0 Å². The number of hydrogen-bond donors (Lipinski definition) is 1. The smallest absolute Gasteiger partial charge is 0.274 e. The number of rotatable bonds is 3. The van der Waals surface area contributed by atoms with Gasteiger partial charge in [0.15, 0.2) is 0 Å². The Balaban J connectivity index is 1.90. The van der Waals surface area contributed by atoms with Crippen LogP contribution in [0.3, 0.4) is 0 Å². The highest BCUT2D eigenvalue weighted by molar-refractivity contribution is 5.49. The molecule has 0 atom stereocenters. The number of H-pyrrole nitrogens is 1. The van der Waals surface area contributed by atoms with Crippen LogP contribution in [0.4, 0.5) is 0 Å². The molecule has 1 saturated carbocycles. The van der Waals surface area contributed by atoms with Crippen molar-refractivity contribution in [3.63, 3.8) is 0 Å². The first-order valence-electron chi connectivity index (χ1n) is 7.26. The molecule has 3 rings (SSSR count). The van der Waals surface area contributed by atoms with Gasteiger partial charge in [-0.2, -0.15) is 10.2 Å². The van der Waals surface area contributed by atoms with E-state index in [0.29, 0.717) is 23.1 Å². The highest BCUT2D eigenvalue weighted by atomic mass is 16.5. The van der Waals surface area contributed by atoms with E-state index in [1.165, 1.54) is 12.8 Å². The van der Waals surface area contributed by atoms with E-state index in [-0.39, 0.29) is 0 Å². The molecule has 1 aliphatic rings. The van der Waals surface area contributed by atoms with Gasteiger partial charge in [0, 0.05) is 7.11 Å². The summed E-state index contributed by atoms with van der Waals surface area (Å²) >= 11 is 0. The van der Waals surface area contributed by atoms with Crippen molar-refractivity contribution in [1.29, 1.82) is 5.26 Å². The fraction of sp³-hybridized carbons (Fsp3) is 0.533. The van der Waals surface area contributed by atoms with E-state index in [1.807, 2.05) is 6.07 Å². The first-order valence-corrected chi connectivity index (χ1v) is 7.26. The van der Waals surface area contributed by atoms with Crippen LogP contribution in [0.2, 0.25) is 0 Å². The monoisotopic (exact) mass is 286 g/mol. The molecule has 0 aliphatic heterocycles. The Morgan fingerprint density at radius 1 is 1.29 bits per heavy atom. The SMILES string of the molecule is COC1(c2noc(-c3ccc(C#N)[nH]3)n2)CCCCCC1. The predicted octanol–water partition coefficient (Wildman–Crippen LogP) is 3.13. The molecule has 110 valence electrons. The van der Waals surface area contributed by atoms with Crippen molar-refractivity contribution in [2.24, 2.45) is 0 Å². The quantitative estimate of drug-likeness (QED) is 0.876. The van der Waals surface area contributed by atoms with Crippen LogP contribution in [0.5, 0.6) is 0 Å². The molecule has 2 aromatic rings. The molecule has 21 heavy (non-hydrogen) atoms. The van der Waals surface area contributed by atoms with Crippen molar-refractivity contribution in [3.05, 3.63) is 23.7 Å². The second-order valence-electron chi connectivity index (χ2n) is 5.43. The average Bonchev–Trinajstić information content (AvgIpc) is 3.12. The van der Waals surface area contributed by atoms with Gasteiger partial charge in [-0.05, 0) is 25.0 Å². The van der Waals surface area contributed by atoms with Crippen molar-refractivity contribution < 1.29 is 9.26 Å². The number of hydrogen-bond acceptors (Lipinski definition) is 5. The van der Waals surface area contributed by atoms with Crippen molar-refractivity contribution in [1.82, 2.24) is 15.1 Å². The molecule has 0 spiro atoms. The standard InChI is InChI=1S/C15H18N4O2/c1-20-15(8-4-2-3-5-9-15)14-18-13(21-19-14)12-7-6-11(10-16)17-12/h6-7,17H,2-5,8-9H2,1H3. The third kappa shape index (κ3) is 2.57. The summed E-state index contributed by atoms with van der Waals surface area (Å²) < 4.78 is 11.1. The summed E-state index contributed by atoms with van der Waals surface area (Å²) in [5, 5.41) is 13.0. The summed E-state index contributed by atoms with van der Waals surface area (Å²) in [6.07, 6.45) is 6.49. The van der Waals surface area contributed by atoms with Gasteiger partial charge in [-0.15, -0.1) is 0 Å². The third-order valence-corrected chi connectivity index (χ3v) is 4.17. The van der Waals surface area contributed by atoms with E-state index >= 15 is 0 Å². The summed E-state index contributed by atoms with van der Waals surface area (Å²) in [5.41, 5.74) is 0.689. The van der Waals surface area contributed by atoms with Crippen LogP contribution in [0.1, 0.15) is 50.0 Å². The number of aromatic nitrogens is 3. The zero-order valence-corrected chi connectivity index (χ0v) is 12.1. The Bertz CT molecular complexity index is 645. The second-order valence-corrected chi connectivity index (χ2v) is 5.43. The minimum absolute atomic E-state index is 0.396. The minimum Gasteiger partial charge on any atom is -0.370 e. The fourth-order valence-electron chi connectivity index (χ4n) is 2.92. The molecule has 0 bridgehead atoms. The molecule has 0 radical (unpaired) electrons. The van der Waals surface area contributed by atoms with E-state index in [2.05, 4.69) is 15.1 Å². The maximum Gasteiger partial charge on any atom is 0.274 e. The van der Waals surface area contributed by atoms with Crippen molar-refractivity contribution in [2.75, 3.05) is 7.11 Å². The summed E-state index contributed by atoms with van der Waals surface area (Å²) in [6, 6.07) is 5.50. The van der Waals surface area contributed by atoms with Gasteiger partial charge < -0.3 is 14.2 Å². The van der Waals surface area contributed by atoms with E-state index in [0.717, 1.165) is 25.7 Å². The first kappa shape index (κ1) is 13.8. The maximum atomic E-state index is 8.85. The number of aromatic amines is 1. The molecule has 2 heterocycles. The highest BCUT2D eigenvalue weighted by Gasteiger charge is 2.37. The molecule has 2 aromatic heterocycles. The molecule has 0 unspecified atom stereocenters. The van der Waals surface area contributed by atoms with Crippen molar-refractivity contribution in [2.45, 2.75) is 44.1 Å². The molecule has 0 amide bonds. The van der Waals surface area contributed by atoms with Crippen LogP contribution in [0.15, 0.2) is 16.7 Å². The van der Waals surface area contributed by atoms with Crippen molar-refractivity contribution >= 4 is 0 Å². The predicted molar refractivity (Wildman–Crippen MR) is 75.2 cm³/mol. The molecule has 6 nitrogen and oxygen atoms in total. The summed E-state index contributed by atoms with van der Waals surface area (Å²) in [7, 11) is 1.71. The zero-order chi connectivity index (χ0) is 14.7. The second kappa shape index (κ2) is 5.70. The van der Waals surface area contributed by atoms with E-state index in [4.69, 9.17) is 14.5 Å². The largest absolute Gasteiger partial charge is 0.370 e. The molecular formula is C15H18N4O2. The van der Waals surface area contributed by atoms with Gasteiger partial charge in [-0.1, -0.05) is 30.8 Å². The number of nitriles is 1. The lowest BCUT2D eigenvalue weighted by Crippen LogP contribution is -2.29. The minimum atomic E-state index is -0.442. The number of ether oxygens (including phenoxy) is 1. The molecule has 1 aliphatic carbocycles. The Morgan fingerprint density at radius 2 is 2.05 bits per heavy atom. The van der Waals surface area contributed by atoms with E-state index < -0.39 is 5.60 Å². The first-order chi connectivity index (χ1) is 10.3. The highest BCUT2D eigenvalue weighted by Crippen LogP contribution is 2.38. The third-order valence-electron chi connectivity index (χ3n) is 4.17. The topological polar surface area (TPSA) is 87.7 Å². The van der Waals surface area contributed by atoms with E-state index in [1.54, 1.807) is 19.2 Å². The normalized spacial score (nSPS) is 18.1. The Morgan fingerprint density at radius 3 is 2.67 bits per heavy atom. The lowest BCUT2D eigenvalue weighted by molar-refractivity contribution is -0.0365. The molecule has 6 heteroatoms. The fourth-order valence-corrected chi connectivity index (χ4v) is 2.92. The lowest BCUT2D eigenvalue weighted by atomic mass is 9.93. The van der Waals surface area contributed by atoms with Crippen LogP contribution in [0.25, 0.3) is 11.6 Å². The Kier molecular flexibility index (Phi) is 3.76. The van der Waals surface area contributed by atoms with Gasteiger partial charge in [0.25, 0.3) is 5.89 Å². The van der Waals surface area contributed by atoms with Gasteiger partial charge in [-0.3, -0.25) is 0 Å². The van der Waals surface area contributed by atoms with Gasteiger partial charge >= 0.3 is 0 Å². The Labute approximate surface area is 123 Å². The number of nitrogens with zero attached hydrogens (tertiary/aromatic N) is 3. The summed E-state index contributed by atoms with van der Waals surface area (Å²) in [6.45, 7) is 0. The molecule has 0 aromatic carbocycles. The van der Waals surface area contributed by atoms with Crippen molar-refractivity contribution in [3.8, 4) is 17.7 Å². The number of methoxy groups -OCH3 is 1. The van der Waals surface area contributed by atoms with Gasteiger partial charge in [0.1, 0.15) is 23.1 Å². The lowest BCUT2D eigenvalue weighted by Gasteiger charge is -2.27. The molecule has 0 saturated heterocycles. The number of nitrogens with one attached hydrogen (secondary N) is 1. The van der Waals surface area contributed by atoms with Gasteiger partial charge in [0.2, 0.25) is 5.82 Å².